The average molecular weight is 352 g/mol. The number of hydrogen-bond donors (Lipinski definition) is 2. The molecule has 2 aliphatic heterocycles. The van der Waals surface area contributed by atoms with Crippen LogP contribution in [0.15, 0.2) is 45.3 Å². The van der Waals surface area contributed by atoms with Gasteiger partial charge in [0.2, 0.25) is 0 Å². The molecule has 0 amide bonds. The zero-order chi connectivity index (χ0) is 17.1. The van der Waals surface area contributed by atoms with Crippen LogP contribution in [-0.2, 0) is 0 Å². The van der Waals surface area contributed by atoms with Crippen molar-refractivity contribution in [3.8, 4) is 0 Å². The number of nitrogens with one attached hydrogen (secondary N) is 2. The molecule has 1 saturated heterocycles. The van der Waals surface area contributed by atoms with E-state index in [9.17, 15) is 13.7 Å². The largest absolute Gasteiger partial charge is 0.336 e. The van der Waals surface area contributed by atoms with E-state index in [0.717, 1.165) is 16.9 Å². The van der Waals surface area contributed by atoms with E-state index in [1.165, 1.54) is 17.4 Å². The highest BCUT2D eigenvalue weighted by atomic mass is 32.1. The number of amidine groups is 1. The fourth-order valence-corrected chi connectivity index (χ4v) is 3.34. The summed E-state index contributed by atoms with van der Waals surface area (Å²) >= 11 is 1.44. The van der Waals surface area contributed by atoms with Crippen molar-refractivity contribution in [3.05, 3.63) is 45.0 Å². The Kier molecular flexibility index (Phi) is 4.74. The molecule has 1 unspecified atom stereocenters. The number of rotatable bonds is 6. The zero-order valence-corrected chi connectivity index (χ0v) is 13.3. The Hall–Kier alpha value is -2.49. The number of hydrogen-bond acceptors (Lipinski definition) is 8. The van der Waals surface area contributed by atoms with Crippen LogP contribution in [0.3, 0.4) is 0 Å². The summed E-state index contributed by atoms with van der Waals surface area (Å²) < 4.78 is 24.2. The molecule has 24 heavy (non-hydrogen) atoms. The second-order valence-electron chi connectivity index (χ2n) is 5.19. The molecule has 0 aromatic carbocycles. The minimum atomic E-state index is -2.68. The zero-order valence-electron chi connectivity index (χ0n) is 12.4. The SMILES string of the molecule is N=C(/C=C\NC(F)F)C1=C2CC(N=O)CN2C(c2nccs2)=NC1. The summed E-state index contributed by atoms with van der Waals surface area (Å²) in [6.45, 7) is -2.06. The fraction of sp³-hybridized carbons (Fsp3) is 0.357. The molecule has 0 saturated carbocycles. The van der Waals surface area contributed by atoms with Gasteiger partial charge in [0.25, 0.3) is 0 Å². The number of thiazole rings is 1. The molecule has 1 fully saturated rings. The van der Waals surface area contributed by atoms with Gasteiger partial charge in [-0.15, -0.1) is 11.3 Å². The topological polar surface area (TPSA) is 93.8 Å². The van der Waals surface area contributed by atoms with Gasteiger partial charge in [-0.1, -0.05) is 5.18 Å². The lowest BCUT2D eigenvalue weighted by Gasteiger charge is -2.27. The normalized spacial score (nSPS) is 20.5. The van der Waals surface area contributed by atoms with Crippen molar-refractivity contribution >= 4 is 22.9 Å². The van der Waals surface area contributed by atoms with E-state index in [4.69, 9.17) is 5.41 Å². The smallest absolute Gasteiger partial charge is 0.312 e. The van der Waals surface area contributed by atoms with Gasteiger partial charge in [0.15, 0.2) is 10.8 Å². The molecule has 1 aromatic rings. The van der Waals surface area contributed by atoms with Gasteiger partial charge < -0.3 is 15.6 Å². The molecule has 126 valence electrons. The van der Waals surface area contributed by atoms with Crippen molar-refractivity contribution in [3.63, 3.8) is 0 Å². The van der Waals surface area contributed by atoms with E-state index in [1.54, 1.807) is 6.20 Å². The molecule has 1 atom stereocenters. The maximum atomic E-state index is 12.1. The van der Waals surface area contributed by atoms with E-state index in [1.807, 2.05) is 15.6 Å². The molecule has 2 N–H and O–H groups in total. The van der Waals surface area contributed by atoms with Crippen LogP contribution in [0.4, 0.5) is 8.78 Å². The van der Waals surface area contributed by atoms with Crippen molar-refractivity contribution < 1.29 is 8.78 Å². The Bertz CT molecular complexity index is 728. The molecule has 1 aromatic heterocycles. The lowest BCUT2D eigenvalue weighted by atomic mass is 10.0. The Morgan fingerprint density at radius 3 is 3.08 bits per heavy atom. The van der Waals surface area contributed by atoms with Gasteiger partial charge in [-0.25, -0.2) is 4.98 Å². The number of halogens is 2. The van der Waals surface area contributed by atoms with E-state index in [2.05, 4.69) is 15.2 Å². The second-order valence-corrected chi connectivity index (χ2v) is 6.09. The Morgan fingerprint density at radius 2 is 2.42 bits per heavy atom. The highest BCUT2D eigenvalue weighted by Gasteiger charge is 2.36. The van der Waals surface area contributed by atoms with Crippen LogP contribution in [0.25, 0.3) is 0 Å². The summed E-state index contributed by atoms with van der Waals surface area (Å²) in [4.78, 5) is 21.5. The van der Waals surface area contributed by atoms with Crippen LogP contribution < -0.4 is 5.32 Å². The Morgan fingerprint density at radius 1 is 1.58 bits per heavy atom. The lowest BCUT2D eigenvalue weighted by molar-refractivity contribution is 0.125. The highest BCUT2D eigenvalue weighted by molar-refractivity contribution is 7.11. The predicted molar refractivity (Wildman–Crippen MR) is 87.5 cm³/mol. The molecule has 0 radical (unpaired) electrons. The molecule has 3 rings (SSSR count). The van der Waals surface area contributed by atoms with Gasteiger partial charge >= 0.3 is 6.55 Å². The lowest BCUT2D eigenvalue weighted by Crippen LogP contribution is -2.34. The predicted octanol–water partition coefficient (Wildman–Crippen LogP) is 2.34. The molecular weight excluding hydrogens is 338 g/mol. The van der Waals surface area contributed by atoms with Gasteiger partial charge in [-0.3, -0.25) is 4.99 Å². The van der Waals surface area contributed by atoms with Gasteiger partial charge in [-0.05, 0) is 6.08 Å². The van der Waals surface area contributed by atoms with Crippen molar-refractivity contribution in [1.82, 2.24) is 15.2 Å². The Balaban J connectivity index is 1.87. The summed E-state index contributed by atoms with van der Waals surface area (Å²) in [5.74, 6) is 0.664. The molecule has 2 aliphatic rings. The minimum absolute atomic E-state index is 0.0802. The van der Waals surface area contributed by atoms with E-state index in [-0.39, 0.29) is 12.3 Å². The van der Waals surface area contributed by atoms with E-state index >= 15 is 0 Å². The number of fused-ring (bicyclic) bond motifs is 1. The maximum Gasteiger partial charge on any atom is 0.312 e. The number of aliphatic imine (C=N–C) groups is 1. The summed E-state index contributed by atoms with van der Waals surface area (Å²) in [6, 6.07) is -0.422. The molecule has 0 bridgehead atoms. The minimum Gasteiger partial charge on any atom is -0.336 e. The van der Waals surface area contributed by atoms with Crippen LogP contribution in [-0.4, -0.2) is 47.1 Å². The quantitative estimate of drug-likeness (QED) is 0.467. The highest BCUT2D eigenvalue weighted by Crippen LogP contribution is 2.32. The van der Waals surface area contributed by atoms with Crippen LogP contribution in [0.2, 0.25) is 0 Å². The molecule has 0 aliphatic carbocycles. The summed E-state index contributed by atoms with van der Waals surface area (Å²) in [5.41, 5.74) is 1.47. The monoisotopic (exact) mass is 352 g/mol. The molecule has 7 nitrogen and oxygen atoms in total. The molecule has 0 spiro atoms. The molecule has 3 heterocycles. The average Bonchev–Trinajstić information content (AvgIpc) is 3.22. The third-order valence-electron chi connectivity index (χ3n) is 3.71. The van der Waals surface area contributed by atoms with Crippen molar-refractivity contribution in [2.75, 3.05) is 13.1 Å². The van der Waals surface area contributed by atoms with Gasteiger partial charge in [0.1, 0.15) is 6.04 Å². The van der Waals surface area contributed by atoms with Crippen LogP contribution in [0, 0.1) is 10.3 Å². The van der Waals surface area contributed by atoms with E-state index < -0.39 is 12.6 Å². The number of nitroso groups, excluding NO2 is 1. The van der Waals surface area contributed by atoms with Crippen molar-refractivity contribution in [1.29, 1.82) is 5.41 Å². The van der Waals surface area contributed by atoms with Crippen molar-refractivity contribution in [2.45, 2.75) is 19.0 Å². The van der Waals surface area contributed by atoms with Gasteiger partial charge in [0.05, 0.1) is 18.8 Å². The van der Waals surface area contributed by atoms with Crippen molar-refractivity contribution in [2.24, 2.45) is 10.2 Å². The summed E-state index contributed by atoms with van der Waals surface area (Å²) in [6.07, 6.45) is 4.38. The third-order valence-corrected chi connectivity index (χ3v) is 4.48. The number of aromatic nitrogens is 1. The summed E-state index contributed by atoms with van der Waals surface area (Å²) in [5, 5.41) is 15.6. The van der Waals surface area contributed by atoms with Crippen LogP contribution in [0.1, 0.15) is 11.4 Å². The van der Waals surface area contributed by atoms with Crippen LogP contribution >= 0.6 is 11.3 Å². The molecule has 10 heteroatoms. The van der Waals surface area contributed by atoms with Crippen LogP contribution in [0.5, 0.6) is 0 Å². The van der Waals surface area contributed by atoms with Gasteiger partial charge in [-0.2, -0.15) is 13.7 Å². The fourth-order valence-electron chi connectivity index (χ4n) is 2.68. The summed E-state index contributed by atoms with van der Waals surface area (Å²) in [7, 11) is 0. The maximum absolute atomic E-state index is 12.1. The number of nitrogens with zero attached hydrogens (tertiary/aromatic N) is 4. The van der Waals surface area contributed by atoms with Gasteiger partial charge in [0, 0.05) is 35.5 Å². The molecular formula is C14H14F2N6OS. The first-order chi connectivity index (χ1) is 11.6. The number of alkyl halides is 2. The first kappa shape index (κ1) is 16.4. The third kappa shape index (κ3) is 3.23. The van der Waals surface area contributed by atoms with E-state index in [0.29, 0.717) is 24.4 Å². The standard InChI is InChI=1S/C14H14F2N6OS/c15-14(16)19-2-1-10(17)9-6-20-12(13-18-3-4-24-13)22-7-8(21-23)5-11(9)22/h1-4,8,14,17,19H,5-7H2/b2-1-,17-10?. The first-order valence-corrected chi connectivity index (χ1v) is 8.04. The second kappa shape index (κ2) is 6.95. The Labute approximate surface area is 140 Å². The first-order valence-electron chi connectivity index (χ1n) is 7.16. The number of allylic oxidation sites excluding steroid dienone is 1.